The minimum Gasteiger partial charge on any atom is -0.444 e. The summed E-state index contributed by atoms with van der Waals surface area (Å²) in [7, 11) is 0. The standard InChI is InChI=1S/C27H28N6O6/c1-26(2,3)38-25(36)32-12-18-19(13-32)28-15-29-23(18)37-17-4-5-20-16(10-17)6-9-33(20)24(35)30-22-11-21(39-31-22)27(14-34)7-8-27/h4-5,10-11,14-15H,6-9,12-13H2,1-3H3,(H,30,31,35). The average Bonchev–Trinajstić information content (AvgIpc) is 3.22. The summed E-state index contributed by atoms with van der Waals surface area (Å²) in [5.41, 5.74) is 1.97. The SMILES string of the molecule is CC(C)(C)OC(=O)N1Cc2ncnc(Oc3ccc4c(c3)CCN4C(=O)Nc3cc(C4(C=O)CC4)on3)c2C1. The molecule has 1 aliphatic carbocycles. The van der Waals surface area contributed by atoms with Crippen LogP contribution in [0.1, 0.15) is 56.2 Å². The van der Waals surface area contributed by atoms with Crippen molar-refractivity contribution >= 4 is 29.9 Å². The highest BCUT2D eigenvalue weighted by Crippen LogP contribution is 2.46. The molecule has 1 saturated carbocycles. The fraction of sp³-hybridized carbons (Fsp3) is 0.407. The molecular formula is C27H28N6O6. The summed E-state index contributed by atoms with van der Waals surface area (Å²) >= 11 is 0. The largest absolute Gasteiger partial charge is 0.444 e. The fourth-order valence-electron chi connectivity index (χ4n) is 4.76. The first-order valence-electron chi connectivity index (χ1n) is 12.8. The van der Waals surface area contributed by atoms with Crippen molar-refractivity contribution in [2.24, 2.45) is 0 Å². The minimum atomic E-state index is -0.597. The van der Waals surface area contributed by atoms with Crippen LogP contribution in [0.25, 0.3) is 0 Å². The number of aromatic nitrogens is 3. The molecule has 1 N–H and O–H groups in total. The number of nitrogens with zero attached hydrogens (tertiary/aromatic N) is 5. The van der Waals surface area contributed by atoms with E-state index in [4.69, 9.17) is 14.0 Å². The molecular weight excluding hydrogens is 504 g/mol. The molecule has 6 rings (SSSR count). The van der Waals surface area contributed by atoms with Crippen LogP contribution in [0.4, 0.5) is 21.1 Å². The molecule has 3 aromatic rings. The molecule has 1 aromatic carbocycles. The highest BCUT2D eigenvalue weighted by atomic mass is 16.6. The molecule has 0 radical (unpaired) electrons. The Kier molecular flexibility index (Phi) is 5.77. The van der Waals surface area contributed by atoms with Gasteiger partial charge in [-0.25, -0.2) is 19.6 Å². The Morgan fingerprint density at radius 1 is 1.15 bits per heavy atom. The molecule has 39 heavy (non-hydrogen) atoms. The summed E-state index contributed by atoms with van der Waals surface area (Å²) in [4.78, 5) is 48.7. The number of hydrogen-bond acceptors (Lipinski definition) is 9. The second-order valence-corrected chi connectivity index (χ2v) is 11.0. The number of benzene rings is 1. The lowest BCUT2D eigenvalue weighted by molar-refractivity contribution is -0.110. The van der Waals surface area contributed by atoms with Crippen LogP contribution in [0.15, 0.2) is 35.1 Å². The van der Waals surface area contributed by atoms with Gasteiger partial charge in [-0.1, -0.05) is 5.16 Å². The van der Waals surface area contributed by atoms with Gasteiger partial charge in [0.05, 0.1) is 29.8 Å². The van der Waals surface area contributed by atoms with E-state index >= 15 is 0 Å². The van der Waals surface area contributed by atoms with Gasteiger partial charge in [0.15, 0.2) is 11.6 Å². The third kappa shape index (κ3) is 4.77. The minimum absolute atomic E-state index is 0.273. The third-order valence-corrected chi connectivity index (χ3v) is 6.99. The van der Waals surface area contributed by atoms with Crippen molar-refractivity contribution in [2.75, 3.05) is 16.8 Å². The monoisotopic (exact) mass is 532 g/mol. The van der Waals surface area contributed by atoms with Gasteiger partial charge in [0.25, 0.3) is 0 Å². The second kappa shape index (κ2) is 9.07. The number of rotatable bonds is 5. The van der Waals surface area contributed by atoms with Crippen LogP contribution >= 0.6 is 0 Å². The van der Waals surface area contributed by atoms with Crippen LogP contribution in [0.5, 0.6) is 11.6 Å². The smallest absolute Gasteiger partial charge is 0.410 e. The fourth-order valence-corrected chi connectivity index (χ4v) is 4.76. The Balaban J connectivity index is 1.13. The van der Waals surface area contributed by atoms with Gasteiger partial charge in [-0.05, 0) is 63.8 Å². The Hall–Kier alpha value is -4.48. The van der Waals surface area contributed by atoms with E-state index in [1.807, 2.05) is 32.9 Å². The third-order valence-electron chi connectivity index (χ3n) is 6.99. The van der Waals surface area contributed by atoms with Crippen molar-refractivity contribution in [3.8, 4) is 11.6 Å². The zero-order valence-electron chi connectivity index (χ0n) is 21.9. The van der Waals surface area contributed by atoms with Gasteiger partial charge >= 0.3 is 12.1 Å². The summed E-state index contributed by atoms with van der Waals surface area (Å²) in [5.74, 6) is 1.69. The lowest BCUT2D eigenvalue weighted by atomic mass is 10.1. The summed E-state index contributed by atoms with van der Waals surface area (Å²) in [5, 5.41) is 6.66. The molecule has 0 saturated heterocycles. The summed E-state index contributed by atoms with van der Waals surface area (Å²) in [6.07, 6.45) is 3.97. The average molecular weight is 533 g/mol. The van der Waals surface area contributed by atoms with Crippen LogP contribution in [0.3, 0.4) is 0 Å². The molecule has 3 amide bonds. The van der Waals surface area contributed by atoms with Crippen LogP contribution in [0.2, 0.25) is 0 Å². The van der Waals surface area contributed by atoms with Gasteiger partial charge in [-0.3, -0.25) is 15.1 Å². The van der Waals surface area contributed by atoms with Crippen LogP contribution < -0.4 is 15.0 Å². The number of nitrogens with one attached hydrogen (secondary N) is 1. The van der Waals surface area contributed by atoms with Gasteiger partial charge < -0.3 is 18.8 Å². The molecule has 12 nitrogen and oxygen atoms in total. The Morgan fingerprint density at radius 3 is 2.72 bits per heavy atom. The van der Waals surface area contributed by atoms with Crippen LogP contribution in [0, 0.1) is 0 Å². The normalized spacial score (nSPS) is 16.9. The highest BCUT2D eigenvalue weighted by Gasteiger charge is 2.48. The number of carbonyl (C=O) groups is 3. The topological polar surface area (TPSA) is 140 Å². The van der Waals surface area contributed by atoms with E-state index in [0.29, 0.717) is 42.6 Å². The summed E-state index contributed by atoms with van der Waals surface area (Å²) in [6, 6.07) is 6.75. The van der Waals surface area contributed by atoms with E-state index in [-0.39, 0.29) is 18.4 Å². The molecule has 3 aliphatic rings. The molecule has 12 heteroatoms. The molecule has 2 aliphatic heterocycles. The number of amides is 3. The number of ether oxygens (including phenoxy) is 2. The van der Waals surface area contributed by atoms with Crippen molar-refractivity contribution in [1.82, 2.24) is 20.0 Å². The first-order valence-corrected chi connectivity index (χ1v) is 12.8. The number of urea groups is 1. The zero-order valence-corrected chi connectivity index (χ0v) is 21.9. The number of aldehydes is 1. The van der Waals surface area contributed by atoms with E-state index in [9.17, 15) is 14.4 Å². The first-order chi connectivity index (χ1) is 18.6. The molecule has 4 heterocycles. The lowest BCUT2D eigenvalue weighted by Crippen LogP contribution is -2.33. The molecule has 0 unspecified atom stereocenters. The molecule has 1 fully saturated rings. The van der Waals surface area contributed by atoms with Gasteiger partial charge in [-0.2, -0.15) is 0 Å². The summed E-state index contributed by atoms with van der Waals surface area (Å²) in [6.45, 7) is 6.57. The maximum absolute atomic E-state index is 13.0. The molecule has 0 spiro atoms. The maximum atomic E-state index is 13.0. The zero-order chi connectivity index (χ0) is 27.4. The van der Waals surface area contributed by atoms with E-state index in [0.717, 1.165) is 35.9 Å². The van der Waals surface area contributed by atoms with Crippen molar-refractivity contribution < 1.29 is 28.4 Å². The van der Waals surface area contributed by atoms with E-state index in [1.54, 1.807) is 21.9 Å². The number of anilines is 2. The highest BCUT2D eigenvalue weighted by molar-refractivity contribution is 6.02. The van der Waals surface area contributed by atoms with Crippen LogP contribution in [-0.2, 0) is 34.5 Å². The van der Waals surface area contributed by atoms with E-state index in [2.05, 4.69) is 20.4 Å². The van der Waals surface area contributed by atoms with Gasteiger partial charge in [0.2, 0.25) is 5.88 Å². The lowest BCUT2D eigenvalue weighted by Gasteiger charge is -2.23. The predicted octanol–water partition coefficient (Wildman–Crippen LogP) is 4.33. The Labute approximate surface area is 224 Å². The predicted molar refractivity (Wildman–Crippen MR) is 138 cm³/mol. The Morgan fingerprint density at radius 2 is 1.97 bits per heavy atom. The van der Waals surface area contributed by atoms with Gasteiger partial charge in [0, 0.05) is 18.3 Å². The van der Waals surface area contributed by atoms with Crippen LogP contribution in [-0.4, -0.2) is 50.6 Å². The van der Waals surface area contributed by atoms with Crippen molar-refractivity contribution in [2.45, 2.75) is 64.1 Å². The first kappa shape index (κ1) is 24.8. The quantitative estimate of drug-likeness (QED) is 0.475. The number of hydrogen-bond donors (Lipinski definition) is 1. The second-order valence-electron chi connectivity index (χ2n) is 11.0. The molecule has 2 aromatic heterocycles. The number of carbonyl (C=O) groups excluding carboxylic acids is 3. The number of fused-ring (bicyclic) bond motifs is 2. The molecule has 0 atom stereocenters. The van der Waals surface area contributed by atoms with Crippen molar-refractivity contribution in [1.29, 1.82) is 0 Å². The Bertz CT molecular complexity index is 1470. The van der Waals surface area contributed by atoms with Gasteiger partial charge in [0.1, 0.15) is 24.0 Å². The van der Waals surface area contributed by atoms with E-state index < -0.39 is 17.1 Å². The van der Waals surface area contributed by atoms with Gasteiger partial charge in [-0.15, -0.1) is 0 Å². The summed E-state index contributed by atoms with van der Waals surface area (Å²) < 4.78 is 16.9. The van der Waals surface area contributed by atoms with Crippen molar-refractivity contribution in [3.05, 3.63) is 53.2 Å². The molecule has 202 valence electrons. The molecule has 0 bridgehead atoms. The maximum Gasteiger partial charge on any atom is 0.410 e. The van der Waals surface area contributed by atoms with E-state index in [1.165, 1.54) is 6.33 Å². The van der Waals surface area contributed by atoms with Crippen molar-refractivity contribution in [3.63, 3.8) is 0 Å².